The standard InChI is InChI=1S/C13H16Cl2N2O/c1-5-7-16-11-9(14)8-10(15)12(17-11)18-13(3,4)6-2/h2,8H,5,7H2,1,3-4H3,(H,16,17). The Morgan fingerprint density at radius 2 is 2.11 bits per heavy atom. The topological polar surface area (TPSA) is 34.1 Å². The minimum absolute atomic E-state index is 0.280. The van der Waals surface area contributed by atoms with Gasteiger partial charge in [0.05, 0.1) is 5.02 Å². The third kappa shape index (κ3) is 3.97. The highest BCUT2D eigenvalue weighted by molar-refractivity contribution is 6.36. The lowest BCUT2D eigenvalue weighted by Crippen LogP contribution is -2.26. The summed E-state index contributed by atoms with van der Waals surface area (Å²) in [7, 11) is 0. The van der Waals surface area contributed by atoms with Crippen LogP contribution in [0.5, 0.6) is 5.88 Å². The van der Waals surface area contributed by atoms with Crippen LogP contribution in [0.1, 0.15) is 27.2 Å². The van der Waals surface area contributed by atoms with Gasteiger partial charge in [-0.2, -0.15) is 4.98 Å². The number of nitrogens with one attached hydrogen (secondary N) is 1. The second-order valence-corrected chi connectivity index (χ2v) is 5.10. The van der Waals surface area contributed by atoms with Gasteiger partial charge in [0.1, 0.15) is 10.8 Å². The fraction of sp³-hybridized carbons (Fsp3) is 0.462. The molecule has 0 fully saturated rings. The average Bonchev–Trinajstić information content (AvgIpc) is 2.31. The number of ether oxygens (including phenoxy) is 1. The smallest absolute Gasteiger partial charge is 0.236 e. The maximum Gasteiger partial charge on any atom is 0.236 e. The zero-order valence-corrected chi connectivity index (χ0v) is 12.2. The van der Waals surface area contributed by atoms with Crippen LogP contribution in [0.15, 0.2) is 6.07 Å². The van der Waals surface area contributed by atoms with Crippen molar-refractivity contribution in [3.63, 3.8) is 0 Å². The Hall–Kier alpha value is -1.11. The van der Waals surface area contributed by atoms with Crippen molar-refractivity contribution in [2.75, 3.05) is 11.9 Å². The van der Waals surface area contributed by atoms with Crippen molar-refractivity contribution in [3.05, 3.63) is 16.1 Å². The third-order valence-corrected chi connectivity index (χ3v) is 2.70. The van der Waals surface area contributed by atoms with E-state index in [4.69, 9.17) is 34.4 Å². The molecule has 98 valence electrons. The summed E-state index contributed by atoms with van der Waals surface area (Å²) in [6.45, 7) is 6.35. The minimum atomic E-state index is -0.771. The number of nitrogens with zero attached hydrogens (tertiary/aromatic N) is 1. The number of halogens is 2. The number of rotatable bonds is 5. The fourth-order valence-electron chi connectivity index (χ4n) is 1.16. The van der Waals surface area contributed by atoms with E-state index < -0.39 is 5.60 Å². The Morgan fingerprint density at radius 1 is 1.44 bits per heavy atom. The maximum atomic E-state index is 6.04. The van der Waals surface area contributed by atoms with Crippen molar-refractivity contribution in [2.24, 2.45) is 0 Å². The largest absolute Gasteiger partial charge is 0.457 e. The summed E-state index contributed by atoms with van der Waals surface area (Å²) >= 11 is 12.1. The summed E-state index contributed by atoms with van der Waals surface area (Å²) in [6, 6.07) is 1.59. The van der Waals surface area contributed by atoms with E-state index in [1.165, 1.54) is 0 Å². The molecule has 0 aliphatic rings. The Bertz CT molecular complexity index is 467. The molecule has 1 aromatic rings. The van der Waals surface area contributed by atoms with Gasteiger partial charge in [0.25, 0.3) is 0 Å². The molecule has 0 radical (unpaired) electrons. The van der Waals surface area contributed by atoms with Crippen molar-refractivity contribution in [1.29, 1.82) is 0 Å². The predicted octanol–water partition coefficient (Wildman–Crippen LogP) is 4.00. The zero-order valence-electron chi connectivity index (χ0n) is 10.7. The molecule has 1 rings (SSSR count). The molecule has 0 aliphatic heterocycles. The predicted molar refractivity (Wildman–Crippen MR) is 76.6 cm³/mol. The molecule has 0 unspecified atom stereocenters. The highest BCUT2D eigenvalue weighted by atomic mass is 35.5. The van der Waals surface area contributed by atoms with Crippen LogP contribution >= 0.6 is 23.2 Å². The number of pyridine rings is 1. The first-order valence-electron chi connectivity index (χ1n) is 5.66. The number of anilines is 1. The van der Waals surface area contributed by atoms with E-state index in [0.29, 0.717) is 15.9 Å². The Labute approximate surface area is 118 Å². The van der Waals surface area contributed by atoms with E-state index in [1.54, 1.807) is 19.9 Å². The summed E-state index contributed by atoms with van der Waals surface area (Å²) in [4.78, 5) is 4.25. The highest BCUT2D eigenvalue weighted by Gasteiger charge is 2.20. The number of aromatic nitrogens is 1. The van der Waals surface area contributed by atoms with E-state index in [1.807, 2.05) is 0 Å². The second-order valence-electron chi connectivity index (χ2n) is 4.29. The Kier molecular flexibility index (Phi) is 5.13. The highest BCUT2D eigenvalue weighted by Crippen LogP contribution is 2.32. The molecule has 5 heteroatoms. The lowest BCUT2D eigenvalue weighted by Gasteiger charge is -2.20. The van der Waals surface area contributed by atoms with Crippen LogP contribution in [-0.2, 0) is 0 Å². The van der Waals surface area contributed by atoms with Gasteiger partial charge in [-0.05, 0) is 26.3 Å². The molecule has 18 heavy (non-hydrogen) atoms. The van der Waals surface area contributed by atoms with Crippen LogP contribution in [0.2, 0.25) is 10.0 Å². The van der Waals surface area contributed by atoms with Gasteiger partial charge in [-0.3, -0.25) is 0 Å². The first-order valence-corrected chi connectivity index (χ1v) is 6.42. The molecule has 1 aromatic heterocycles. The van der Waals surface area contributed by atoms with Crippen molar-refractivity contribution in [1.82, 2.24) is 4.98 Å². The molecule has 0 saturated carbocycles. The normalized spacial score (nSPS) is 10.9. The van der Waals surface area contributed by atoms with E-state index in [-0.39, 0.29) is 5.88 Å². The minimum Gasteiger partial charge on any atom is -0.457 e. The summed E-state index contributed by atoms with van der Waals surface area (Å²) in [5, 5.41) is 3.90. The van der Waals surface area contributed by atoms with Crippen molar-refractivity contribution in [3.8, 4) is 18.2 Å². The third-order valence-electron chi connectivity index (χ3n) is 2.14. The van der Waals surface area contributed by atoms with E-state index in [0.717, 1.165) is 13.0 Å². The van der Waals surface area contributed by atoms with Crippen LogP contribution < -0.4 is 10.1 Å². The van der Waals surface area contributed by atoms with Crippen LogP contribution in [0.25, 0.3) is 0 Å². The monoisotopic (exact) mass is 286 g/mol. The molecule has 3 nitrogen and oxygen atoms in total. The zero-order chi connectivity index (χ0) is 13.8. The van der Waals surface area contributed by atoms with Crippen molar-refractivity contribution in [2.45, 2.75) is 32.8 Å². The molecule has 0 aromatic carbocycles. The van der Waals surface area contributed by atoms with Crippen LogP contribution in [0.4, 0.5) is 5.82 Å². The number of hydrogen-bond donors (Lipinski definition) is 1. The molecule has 0 aliphatic carbocycles. The molecule has 0 saturated heterocycles. The first kappa shape index (κ1) is 14.9. The maximum absolute atomic E-state index is 6.04. The van der Waals surface area contributed by atoms with Gasteiger partial charge in [0.15, 0.2) is 5.60 Å². The summed E-state index contributed by atoms with van der Waals surface area (Å²) < 4.78 is 5.58. The molecule has 1 heterocycles. The van der Waals surface area contributed by atoms with Crippen molar-refractivity contribution >= 4 is 29.0 Å². The van der Waals surface area contributed by atoms with E-state index in [9.17, 15) is 0 Å². The van der Waals surface area contributed by atoms with Crippen LogP contribution in [0, 0.1) is 12.3 Å². The lowest BCUT2D eigenvalue weighted by molar-refractivity contribution is 0.165. The van der Waals surface area contributed by atoms with Gasteiger partial charge in [-0.1, -0.05) is 36.0 Å². The van der Waals surface area contributed by atoms with Gasteiger partial charge >= 0.3 is 0 Å². The summed E-state index contributed by atoms with van der Waals surface area (Å²) in [5.74, 6) is 3.35. The van der Waals surface area contributed by atoms with Crippen LogP contribution in [-0.4, -0.2) is 17.1 Å². The molecule has 0 bridgehead atoms. The van der Waals surface area contributed by atoms with Gasteiger partial charge in [-0.15, -0.1) is 6.42 Å². The number of hydrogen-bond acceptors (Lipinski definition) is 3. The SMILES string of the molecule is C#CC(C)(C)Oc1nc(NCCC)c(Cl)cc1Cl. The molecular formula is C13H16Cl2N2O. The Morgan fingerprint density at radius 3 is 2.67 bits per heavy atom. The van der Waals surface area contributed by atoms with Gasteiger partial charge in [0.2, 0.25) is 5.88 Å². The quantitative estimate of drug-likeness (QED) is 0.831. The van der Waals surface area contributed by atoms with E-state index in [2.05, 4.69) is 23.1 Å². The molecule has 0 amide bonds. The van der Waals surface area contributed by atoms with Crippen molar-refractivity contribution < 1.29 is 4.74 Å². The summed E-state index contributed by atoms with van der Waals surface area (Å²) in [5.41, 5.74) is -0.771. The first-order chi connectivity index (χ1) is 8.39. The summed E-state index contributed by atoms with van der Waals surface area (Å²) in [6.07, 6.45) is 6.33. The fourth-order valence-corrected chi connectivity index (χ4v) is 1.62. The van der Waals surface area contributed by atoms with Crippen LogP contribution in [0.3, 0.4) is 0 Å². The average molecular weight is 287 g/mol. The molecular weight excluding hydrogens is 271 g/mol. The molecule has 0 atom stereocenters. The lowest BCUT2D eigenvalue weighted by atomic mass is 10.1. The molecule has 1 N–H and O–H groups in total. The van der Waals surface area contributed by atoms with E-state index >= 15 is 0 Å². The molecule has 0 spiro atoms. The van der Waals surface area contributed by atoms with Gasteiger partial charge in [0, 0.05) is 6.54 Å². The number of terminal acetylenes is 1. The van der Waals surface area contributed by atoms with Gasteiger partial charge < -0.3 is 10.1 Å². The Balaban J connectivity index is 3.02. The van der Waals surface area contributed by atoms with Gasteiger partial charge in [-0.25, -0.2) is 0 Å². The second kappa shape index (κ2) is 6.17.